The zero-order valence-corrected chi connectivity index (χ0v) is 10.7. The monoisotopic (exact) mass is 254 g/mol. The fraction of sp³-hybridized carbons (Fsp3) is 0.286. The van der Waals surface area contributed by atoms with E-state index in [1.54, 1.807) is 6.07 Å². The summed E-state index contributed by atoms with van der Waals surface area (Å²) in [5.41, 5.74) is 3.37. The van der Waals surface area contributed by atoms with Crippen LogP contribution in [0, 0.1) is 6.92 Å². The minimum Gasteiger partial charge on any atom is -0.305 e. The molecule has 1 N–H and O–H groups in total. The Labute approximate surface area is 111 Å². The molecule has 0 atom stereocenters. The molecule has 19 heavy (non-hydrogen) atoms. The standard InChI is InChI=1S/C14H14N4O/c1-9-4-2-7-13(15-9)16-14(19)12-8-10-5-3-6-11(10)17-18-12/h2,4,7-8H,3,5-6H2,1H3,(H,15,16,19). The third-order valence-electron chi connectivity index (χ3n) is 3.18. The van der Waals surface area contributed by atoms with Crippen molar-refractivity contribution in [2.75, 3.05) is 5.32 Å². The van der Waals surface area contributed by atoms with E-state index in [0.717, 1.165) is 36.2 Å². The first kappa shape index (κ1) is 11.8. The summed E-state index contributed by atoms with van der Waals surface area (Å²) in [7, 11) is 0. The number of hydrogen-bond donors (Lipinski definition) is 1. The molecule has 0 unspecified atom stereocenters. The van der Waals surface area contributed by atoms with Crippen LogP contribution in [0.4, 0.5) is 5.82 Å². The summed E-state index contributed by atoms with van der Waals surface area (Å²) in [5, 5.41) is 10.8. The Hall–Kier alpha value is -2.30. The van der Waals surface area contributed by atoms with Gasteiger partial charge in [0.1, 0.15) is 5.82 Å². The molecule has 96 valence electrons. The average Bonchev–Trinajstić information content (AvgIpc) is 2.85. The number of anilines is 1. The van der Waals surface area contributed by atoms with Gasteiger partial charge in [-0.1, -0.05) is 6.07 Å². The van der Waals surface area contributed by atoms with Gasteiger partial charge in [0.05, 0.1) is 5.69 Å². The Bertz CT molecular complexity index is 639. The SMILES string of the molecule is Cc1cccc(NC(=O)c2cc3c(nn2)CCC3)n1. The van der Waals surface area contributed by atoms with E-state index in [9.17, 15) is 4.79 Å². The molecule has 1 aliphatic carbocycles. The normalized spacial score (nSPS) is 13.1. The molecule has 0 saturated heterocycles. The second-order valence-electron chi connectivity index (χ2n) is 4.67. The lowest BCUT2D eigenvalue weighted by molar-refractivity contribution is 0.102. The van der Waals surface area contributed by atoms with E-state index in [2.05, 4.69) is 20.5 Å². The van der Waals surface area contributed by atoms with Crippen molar-refractivity contribution in [1.29, 1.82) is 0 Å². The maximum atomic E-state index is 12.1. The van der Waals surface area contributed by atoms with Crippen molar-refractivity contribution in [3.8, 4) is 0 Å². The van der Waals surface area contributed by atoms with E-state index in [0.29, 0.717) is 11.5 Å². The minimum atomic E-state index is -0.264. The Morgan fingerprint density at radius 2 is 2.16 bits per heavy atom. The highest BCUT2D eigenvalue weighted by Gasteiger charge is 2.17. The number of aromatic nitrogens is 3. The quantitative estimate of drug-likeness (QED) is 0.889. The van der Waals surface area contributed by atoms with Gasteiger partial charge in [-0.05, 0) is 49.9 Å². The van der Waals surface area contributed by atoms with Gasteiger partial charge in [-0.3, -0.25) is 4.79 Å². The predicted molar refractivity (Wildman–Crippen MR) is 71.0 cm³/mol. The summed E-state index contributed by atoms with van der Waals surface area (Å²) in [5.74, 6) is 0.271. The second kappa shape index (κ2) is 4.76. The Morgan fingerprint density at radius 3 is 3.00 bits per heavy atom. The van der Waals surface area contributed by atoms with Crippen LogP contribution >= 0.6 is 0 Å². The zero-order chi connectivity index (χ0) is 13.2. The van der Waals surface area contributed by atoms with Gasteiger partial charge in [0.25, 0.3) is 5.91 Å². The number of carbonyl (C=O) groups excluding carboxylic acids is 1. The lowest BCUT2D eigenvalue weighted by Gasteiger charge is -2.05. The summed E-state index contributed by atoms with van der Waals surface area (Å²) < 4.78 is 0. The Kier molecular flexibility index (Phi) is 2.95. The number of nitrogens with one attached hydrogen (secondary N) is 1. The maximum Gasteiger partial charge on any atom is 0.277 e. The second-order valence-corrected chi connectivity index (χ2v) is 4.67. The number of fused-ring (bicyclic) bond motifs is 1. The molecule has 2 aromatic rings. The highest BCUT2D eigenvalue weighted by Crippen LogP contribution is 2.19. The number of hydrogen-bond acceptors (Lipinski definition) is 4. The van der Waals surface area contributed by atoms with Crippen LogP contribution in [0.25, 0.3) is 0 Å². The molecule has 3 rings (SSSR count). The predicted octanol–water partition coefficient (Wildman–Crippen LogP) is 1.92. The molecule has 2 aromatic heterocycles. The highest BCUT2D eigenvalue weighted by atomic mass is 16.2. The molecule has 2 heterocycles. The summed E-state index contributed by atoms with van der Waals surface area (Å²) in [6.07, 6.45) is 3.03. The molecule has 0 bridgehead atoms. The van der Waals surface area contributed by atoms with E-state index in [1.165, 1.54) is 0 Å². The van der Waals surface area contributed by atoms with E-state index in [4.69, 9.17) is 0 Å². The van der Waals surface area contributed by atoms with Crippen molar-refractivity contribution in [2.24, 2.45) is 0 Å². The van der Waals surface area contributed by atoms with Crippen LogP contribution in [0.5, 0.6) is 0 Å². The summed E-state index contributed by atoms with van der Waals surface area (Å²) in [6, 6.07) is 7.32. The first-order valence-corrected chi connectivity index (χ1v) is 6.33. The lowest BCUT2D eigenvalue weighted by atomic mass is 10.2. The molecular formula is C14H14N4O. The number of pyridine rings is 1. The van der Waals surface area contributed by atoms with Crippen molar-refractivity contribution in [3.05, 3.63) is 46.9 Å². The van der Waals surface area contributed by atoms with Gasteiger partial charge in [0.2, 0.25) is 0 Å². The smallest absolute Gasteiger partial charge is 0.277 e. The number of amides is 1. The molecule has 0 spiro atoms. The van der Waals surface area contributed by atoms with Crippen molar-refractivity contribution in [2.45, 2.75) is 26.2 Å². The first-order chi connectivity index (χ1) is 9.22. The molecule has 0 saturated carbocycles. The lowest BCUT2D eigenvalue weighted by Crippen LogP contribution is -2.16. The van der Waals surface area contributed by atoms with Crippen molar-refractivity contribution >= 4 is 11.7 Å². The zero-order valence-electron chi connectivity index (χ0n) is 10.7. The summed E-state index contributed by atoms with van der Waals surface area (Å²) in [4.78, 5) is 16.3. The average molecular weight is 254 g/mol. The molecule has 5 nitrogen and oxygen atoms in total. The topological polar surface area (TPSA) is 67.8 Å². The highest BCUT2D eigenvalue weighted by molar-refractivity contribution is 6.02. The van der Waals surface area contributed by atoms with Crippen molar-refractivity contribution in [3.63, 3.8) is 0 Å². The van der Waals surface area contributed by atoms with Crippen LogP contribution in [-0.4, -0.2) is 21.1 Å². The van der Waals surface area contributed by atoms with E-state index in [1.807, 2.05) is 25.1 Å². The number of aryl methyl sites for hydroxylation is 3. The molecule has 1 aliphatic rings. The van der Waals surface area contributed by atoms with Crippen LogP contribution in [0.3, 0.4) is 0 Å². The maximum absolute atomic E-state index is 12.1. The number of rotatable bonds is 2. The molecule has 0 radical (unpaired) electrons. The van der Waals surface area contributed by atoms with Gasteiger partial charge in [0.15, 0.2) is 5.69 Å². The van der Waals surface area contributed by atoms with Crippen LogP contribution in [0.15, 0.2) is 24.3 Å². The van der Waals surface area contributed by atoms with Gasteiger partial charge in [-0.15, -0.1) is 5.10 Å². The van der Waals surface area contributed by atoms with E-state index >= 15 is 0 Å². The summed E-state index contributed by atoms with van der Waals surface area (Å²) >= 11 is 0. The Morgan fingerprint density at radius 1 is 1.26 bits per heavy atom. The van der Waals surface area contributed by atoms with Gasteiger partial charge < -0.3 is 5.32 Å². The summed E-state index contributed by atoms with van der Waals surface area (Å²) in [6.45, 7) is 1.88. The van der Waals surface area contributed by atoms with Crippen LogP contribution in [0.2, 0.25) is 0 Å². The molecule has 0 aromatic carbocycles. The van der Waals surface area contributed by atoms with Crippen LogP contribution < -0.4 is 5.32 Å². The Balaban J connectivity index is 1.81. The third kappa shape index (κ3) is 2.45. The van der Waals surface area contributed by atoms with Crippen molar-refractivity contribution < 1.29 is 4.79 Å². The van der Waals surface area contributed by atoms with Crippen molar-refractivity contribution in [1.82, 2.24) is 15.2 Å². The van der Waals surface area contributed by atoms with Gasteiger partial charge in [0, 0.05) is 5.69 Å². The molecular weight excluding hydrogens is 240 g/mol. The molecule has 1 amide bonds. The van der Waals surface area contributed by atoms with Gasteiger partial charge >= 0.3 is 0 Å². The molecule has 0 aliphatic heterocycles. The van der Waals surface area contributed by atoms with Gasteiger partial charge in [-0.2, -0.15) is 5.10 Å². The van der Waals surface area contributed by atoms with E-state index < -0.39 is 0 Å². The molecule has 0 fully saturated rings. The van der Waals surface area contributed by atoms with Gasteiger partial charge in [-0.25, -0.2) is 4.98 Å². The minimum absolute atomic E-state index is 0.264. The van der Waals surface area contributed by atoms with E-state index in [-0.39, 0.29) is 5.91 Å². The number of carbonyl (C=O) groups is 1. The molecule has 5 heteroatoms. The largest absolute Gasteiger partial charge is 0.305 e. The fourth-order valence-electron chi connectivity index (χ4n) is 2.23. The third-order valence-corrected chi connectivity index (χ3v) is 3.18. The first-order valence-electron chi connectivity index (χ1n) is 6.33. The van der Waals surface area contributed by atoms with Crippen LogP contribution in [-0.2, 0) is 12.8 Å². The number of nitrogens with zero attached hydrogens (tertiary/aromatic N) is 3. The fourth-order valence-corrected chi connectivity index (χ4v) is 2.23. The van der Waals surface area contributed by atoms with Crippen LogP contribution in [0.1, 0.15) is 33.9 Å².